The van der Waals surface area contributed by atoms with Gasteiger partial charge in [-0.05, 0) is 36.6 Å². The molecule has 0 unspecified atom stereocenters. The van der Waals surface area contributed by atoms with Crippen LogP contribution < -0.4 is 10.1 Å². The molecule has 0 radical (unpaired) electrons. The summed E-state index contributed by atoms with van der Waals surface area (Å²) in [5.41, 5.74) is 0.756. The van der Waals surface area contributed by atoms with E-state index in [4.69, 9.17) is 4.74 Å². The molecule has 0 atom stereocenters. The Morgan fingerprint density at radius 2 is 1.78 bits per heavy atom. The Bertz CT molecular complexity index is 489. The minimum absolute atomic E-state index is 0.125. The second-order valence-electron chi connectivity index (χ2n) is 6.71. The molecule has 1 aromatic rings. The molecule has 1 saturated heterocycles. The Morgan fingerprint density at radius 3 is 2.48 bits per heavy atom. The maximum atomic E-state index is 12.4. The number of carbonyl (C=O) groups excluding carboxylic acids is 1. The minimum Gasteiger partial charge on any atom is -0.494 e. The van der Waals surface area contributed by atoms with Gasteiger partial charge in [0.05, 0.1) is 6.61 Å². The average molecular weight is 316 g/mol. The highest BCUT2D eigenvalue weighted by molar-refractivity contribution is 5.94. The van der Waals surface area contributed by atoms with Gasteiger partial charge in [-0.25, -0.2) is 0 Å². The van der Waals surface area contributed by atoms with Crippen LogP contribution in [-0.4, -0.2) is 43.6 Å². The molecule has 0 bridgehead atoms. The Morgan fingerprint density at radius 1 is 1.09 bits per heavy atom. The van der Waals surface area contributed by atoms with Crippen LogP contribution in [0.2, 0.25) is 0 Å². The average Bonchev–Trinajstić information content (AvgIpc) is 2.63. The molecule has 1 heterocycles. The summed E-state index contributed by atoms with van der Waals surface area (Å²) < 4.78 is 5.85. The van der Waals surface area contributed by atoms with E-state index in [0.717, 1.165) is 56.4 Å². The molecule has 1 aromatic carbocycles. The lowest BCUT2D eigenvalue weighted by atomic mass is 9.87. The second kappa shape index (κ2) is 8.34. The molecule has 2 fully saturated rings. The second-order valence-corrected chi connectivity index (χ2v) is 6.71. The van der Waals surface area contributed by atoms with Gasteiger partial charge in [0.15, 0.2) is 0 Å². The standard InChI is InChI=1S/C19H28N2O2/c22-19(21-13-11-20-12-14-21)17-6-8-18(9-7-17)23-15-10-16-4-2-1-3-5-16/h6-9,16,20H,1-5,10-15H2. The summed E-state index contributed by atoms with van der Waals surface area (Å²) >= 11 is 0. The Kier molecular flexibility index (Phi) is 5.92. The maximum Gasteiger partial charge on any atom is 0.253 e. The van der Waals surface area contributed by atoms with Crippen molar-refractivity contribution in [3.05, 3.63) is 29.8 Å². The summed E-state index contributed by atoms with van der Waals surface area (Å²) in [5, 5.41) is 3.27. The number of hydrogen-bond donors (Lipinski definition) is 1. The highest BCUT2D eigenvalue weighted by atomic mass is 16.5. The molecule has 1 aliphatic carbocycles. The molecule has 23 heavy (non-hydrogen) atoms. The van der Waals surface area contributed by atoms with Gasteiger partial charge in [-0.1, -0.05) is 32.1 Å². The Labute approximate surface area is 139 Å². The lowest BCUT2D eigenvalue weighted by Gasteiger charge is -2.27. The van der Waals surface area contributed by atoms with Gasteiger partial charge in [0.2, 0.25) is 0 Å². The summed E-state index contributed by atoms with van der Waals surface area (Å²) in [6.45, 7) is 4.13. The zero-order valence-electron chi connectivity index (χ0n) is 13.9. The van der Waals surface area contributed by atoms with Gasteiger partial charge in [0.25, 0.3) is 5.91 Å². The highest BCUT2D eigenvalue weighted by Gasteiger charge is 2.18. The summed E-state index contributed by atoms with van der Waals surface area (Å²) in [7, 11) is 0. The first-order chi connectivity index (χ1) is 11.3. The Balaban J connectivity index is 1.45. The molecule has 1 N–H and O–H groups in total. The summed E-state index contributed by atoms with van der Waals surface area (Å²) in [4.78, 5) is 14.3. The quantitative estimate of drug-likeness (QED) is 0.907. The van der Waals surface area contributed by atoms with Crippen LogP contribution >= 0.6 is 0 Å². The van der Waals surface area contributed by atoms with Crippen LogP contribution in [0.4, 0.5) is 0 Å². The van der Waals surface area contributed by atoms with E-state index in [2.05, 4.69) is 5.32 Å². The van der Waals surface area contributed by atoms with E-state index in [1.165, 1.54) is 32.1 Å². The SMILES string of the molecule is O=C(c1ccc(OCCC2CCCCC2)cc1)N1CCNCC1. The van der Waals surface area contributed by atoms with Gasteiger partial charge >= 0.3 is 0 Å². The van der Waals surface area contributed by atoms with Crippen molar-refractivity contribution in [1.82, 2.24) is 10.2 Å². The van der Waals surface area contributed by atoms with Gasteiger partial charge < -0.3 is 15.0 Å². The van der Waals surface area contributed by atoms with Crippen molar-refractivity contribution >= 4 is 5.91 Å². The summed E-state index contributed by atoms with van der Waals surface area (Å²) in [5.74, 6) is 1.84. The minimum atomic E-state index is 0.125. The summed E-state index contributed by atoms with van der Waals surface area (Å²) in [6, 6.07) is 7.63. The number of carbonyl (C=O) groups is 1. The third-order valence-electron chi connectivity index (χ3n) is 5.03. The molecule has 0 aromatic heterocycles. The molecule has 1 amide bonds. The van der Waals surface area contributed by atoms with E-state index in [-0.39, 0.29) is 5.91 Å². The van der Waals surface area contributed by atoms with Crippen LogP contribution in [0.25, 0.3) is 0 Å². The van der Waals surface area contributed by atoms with Crippen LogP contribution in [0.15, 0.2) is 24.3 Å². The van der Waals surface area contributed by atoms with Crippen LogP contribution in [0.3, 0.4) is 0 Å². The molecule has 4 nitrogen and oxygen atoms in total. The first-order valence-corrected chi connectivity index (χ1v) is 9.06. The smallest absolute Gasteiger partial charge is 0.253 e. The van der Waals surface area contributed by atoms with E-state index in [0.29, 0.717) is 0 Å². The predicted molar refractivity (Wildman–Crippen MR) is 91.9 cm³/mol. The molecular formula is C19H28N2O2. The zero-order chi connectivity index (χ0) is 15.9. The third kappa shape index (κ3) is 4.71. The number of amides is 1. The number of ether oxygens (including phenoxy) is 1. The van der Waals surface area contributed by atoms with Crippen molar-refractivity contribution in [1.29, 1.82) is 0 Å². The van der Waals surface area contributed by atoms with E-state index in [1.807, 2.05) is 29.2 Å². The van der Waals surface area contributed by atoms with Gasteiger partial charge in [-0.2, -0.15) is 0 Å². The van der Waals surface area contributed by atoms with E-state index >= 15 is 0 Å². The van der Waals surface area contributed by atoms with E-state index < -0.39 is 0 Å². The zero-order valence-corrected chi connectivity index (χ0v) is 13.9. The van der Waals surface area contributed by atoms with Crippen LogP contribution in [0.1, 0.15) is 48.9 Å². The normalized spacial score (nSPS) is 19.6. The van der Waals surface area contributed by atoms with E-state index in [9.17, 15) is 4.79 Å². The topological polar surface area (TPSA) is 41.6 Å². The maximum absolute atomic E-state index is 12.4. The first-order valence-electron chi connectivity index (χ1n) is 9.06. The Hall–Kier alpha value is -1.55. The fraction of sp³-hybridized carbons (Fsp3) is 0.632. The van der Waals surface area contributed by atoms with Crippen LogP contribution in [0.5, 0.6) is 5.75 Å². The molecule has 1 saturated carbocycles. The van der Waals surface area contributed by atoms with Crippen molar-refractivity contribution in [3.63, 3.8) is 0 Å². The molecule has 1 aliphatic heterocycles. The highest BCUT2D eigenvalue weighted by Crippen LogP contribution is 2.26. The van der Waals surface area contributed by atoms with Crippen molar-refractivity contribution in [2.24, 2.45) is 5.92 Å². The number of piperazine rings is 1. The van der Waals surface area contributed by atoms with Gasteiger partial charge in [-0.15, -0.1) is 0 Å². The number of hydrogen-bond acceptors (Lipinski definition) is 3. The number of nitrogens with zero attached hydrogens (tertiary/aromatic N) is 1. The van der Waals surface area contributed by atoms with Crippen molar-refractivity contribution in [3.8, 4) is 5.75 Å². The van der Waals surface area contributed by atoms with Gasteiger partial charge in [-0.3, -0.25) is 4.79 Å². The fourth-order valence-corrected chi connectivity index (χ4v) is 3.56. The molecule has 3 rings (SSSR count). The first kappa shape index (κ1) is 16.3. The molecule has 2 aliphatic rings. The number of benzene rings is 1. The van der Waals surface area contributed by atoms with Crippen LogP contribution in [-0.2, 0) is 0 Å². The fourth-order valence-electron chi connectivity index (χ4n) is 3.56. The monoisotopic (exact) mass is 316 g/mol. The molecule has 0 spiro atoms. The molecule has 126 valence electrons. The van der Waals surface area contributed by atoms with Crippen molar-refractivity contribution in [2.45, 2.75) is 38.5 Å². The third-order valence-corrected chi connectivity index (χ3v) is 5.03. The largest absolute Gasteiger partial charge is 0.494 e. The molecular weight excluding hydrogens is 288 g/mol. The van der Waals surface area contributed by atoms with E-state index in [1.54, 1.807) is 0 Å². The predicted octanol–water partition coefficient (Wildman–Crippen LogP) is 3.08. The van der Waals surface area contributed by atoms with Crippen molar-refractivity contribution < 1.29 is 9.53 Å². The lowest BCUT2D eigenvalue weighted by Crippen LogP contribution is -2.46. The number of rotatable bonds is 5. The van der Waals surface area contributed by atoms with Gasteiger partial charge in [0, 0.05) is 31.7 Å². The number of nitrogens with one attached hydrogen (secondary N) is 1. The lowest BCUT2D eigenvalue weighted by molar-refractivity contribution is 0.0736. The molecule has 4 heteroatoms. The summed E-state index contributed by atoms with van der Waals surface area (Å²) in [6.07, 6.45) is 8.05. The van der Waals surface area contributed by atoms with Gasteiger partial charge in [0.1, 0.15) is 5.75 Å². The van der Waals surface area contributed by atoms with Crippen LogP contribution in [0, 0.1) is 5.92 Å². The van der Waals surface area contributed by atoms with Crippen molar-refractivity contribution in [2.75, 3.05) is 32.8 Å².